The highest BCUT2D eigenvalue weighted by Crippen LogP contribution is 2.29. The van der Waals surface area contributed by atoms with E-state index >= 15 is 0 Å². The Labute approximate surface area is 101 Å². The lowest BCUT2D eigenvalue weighted by molar-refractivity contribution is 0.982. The average molecular weight is 229 g/mol. The van der Waals surface area contributed by atoms with Gasteiger partial charge in [0.2, 0.25) is 0 Å². The van der Waals surface area contributed by atoms with Crippen LogP contribution in [0.25, 0.3) is 0 Å². The zero-order valence-electron chi connectivity index (χ0n) is 9.04. The fraction of sp³-hybridized carbons (Fsp3) is 0.200. The van der Waals surface area contributed by atoms with Crippen LogP contribution in [0.5, 0.6) is 0 Å². The summed E-state index contributed by atoms with van der Waals surface area (Å²) < 4.78 is 0. The van der Waals surface area contributed by atoms with Crippen LogP contribution in [0.4, 0.5) is 0 Å². The highest BCUT2D eigenvalue weighted by molar-refractivity contribution is 6.17. The smallest absolute Gasteiger partial charge is 0.0477 e. The van der Waals surface area contributed by atoms with Gasteiger partial charge in [-0.05, 0) is 40.7 Å². The molecule has 0 bridgehead atoms. The third-order valence-corrected chi connectivity index (χ3v) is 3.67. The molecule has 0 unspecified atom stereocenters. The largest absolute Gasteiger partial charge is 0.122 e. The Morgan fingerprint density at radius 3 is 2.25 bits per heavy atom. The Morgan fingerprint density at radius 2 is 1.50 bits per heavy atom. The molecule has 0 spiro atoms. The van der Waals surface area contributed by atoms with Crippen molar-refractivity contribution < 1.29 is 0 Å². The van der Waals surface area contributed by atoms with Gasteiger partial charge in [-0.15, -0.1) is 11.6 Å². The first kappa shape index (κ1) is 9.92. The second-order valence-corrected chi connectivity index (χ2v) is 4.58. The van der Waals surface area contributed by atoms with Gasteiger partial charge < -0.3 is 0 Å². The molecule has 16 heavy (non-hydrogen) atoms. The SMILES string of the molecule is ClCc1cccc2c1Cc1ccccc1C2. The van der Waals surface area contributed by atoms with Crippen molar-refractivity contribution in [1.29, 1.82) is 0 Å². The minimum atomic E-state index is 0.616. The molecular weight excluding hydrogens is 216 g/mol. The number of benzene rings is 2. The van der Waals surface area contributed by atoms with Crippen molar-refractivity contribution in [2.45, 2.75) is 18.7 Å². The van der Waals surface area contributed by atoms with Gasteiger partial charge in [0, 0.05) is 5.88 Å². The van der Waals surface area contributed by atoms with E-state index in [1.807, 2.05) is 0 Å². The molecule has 0 N–H and O–H groups in total. The highest BCUT2D eigenvalue weighted by Gasteiger charge is 2.16. The van der Waals surface area contributed by atoms with Crippen LogP contribution in [0, 0.1) is 0 Å². The van der Waals surface area contributed by atoms with Crippen LogP contribution in [0.2, 0.25) is 0 Å². The van der Waals surface area contributed by atoms with Crippen LogP contribution in [0.15, 0.2) is 42.5 Å². The molecule has 0 aromatic heterocycles. The lowest BCUT2D eigenvalue weighted by atomic mass is 9.84. The summed E-state index contributed by atoms with van der Waals surface area (Å²) >= 11 is 5.99. The number of halogens is 1. The van der Waals surface area contributed by atoms with Gasteiger partial charge in [-0.2, -0.15) is 0 Å². The molecular formula is C15H13Cl. The maximum atomic E-state index is 5.99. The van der Waals surface area contributed by atoms with Crippen LogP contribution < -0.4 is 0 Å². The van der Waals surface area contributed by atoms with E-state index in [-0.39, 0.29) is 0 Å². The molecule has 0 fully saturated rings. The minimum absolute atomic E-state index is 0.616. The first-order valence-corrected chi connectivity index (χ1v) is 6.14. The molecule has 1 aliphatic rings. The molecule has 0 saturated heterocycles. The van der Waals surface area contributed by atoms with E-state index in [2.05, 4.69) is 42.5 Å². The van der Waals surface area contributed by atoms with Gasteiger partial charge in [0.1, 0.15) is 0 Å². The zero-order valence-corrected chi connectivity index (χ0v) is 9.80. The van der Waals surface area contributed by atoms with E-state index in [0.29, 0.717) is 5.88 Å². The van der Waals surface area contributed by atoms with E-state index in [9.17, 15) is 0 Å². The Bertz CT molecular complexity index is 529. The molecule has 0 atom stereocenters. The predicted octanol–water partition coefficient (Wildman–Crippen LogP) is 3.92. The predicted molar refractivity (Wildman–Crippen MR) is 68.1 cm³/mol. The van der Waals surface area contributed by atoms with Gasteiger partial charge in [-0.3, -0.25) is 0 Å². The molecule has 0 heterocycles. The molecule has 0 aliphatic heterocycles. The lowest BCUT2D eigenvalue weighted by Crippen LogP contribution is -2.09. The summed E-state index contributed by atoms with van der Waals surface area (Å²) in [5.41, 5.74) is 7.08. The summed E-state index contributed by atoms with van der Waals surface area (Å²) in [6.07, 6.45) is 2.09. The third-order valence-electron chi connectivity index (χ3n) is 3.38. The lowest BCUT2D eigenvalue weighted by Gasteiger charge is -2.21. The highest BCUT2D eigenvalue weighted by atomic mass is 35.5. The summed E-state index contributed by atoms with van der Waals surface area (Å²) in [6.45, 7) is 0. The van der Waals surface area contributed by atoms with Crippen LogP contribution in [0.1, 0.15) is 27.8 Å². The Balaban J connectivity index is 2.12. The normalized spacial score (nSPS) is 13.1. The first-order chi connectivity index (χ1) is 7.88. The molecule has 1 heteroatoms. The van der Waals surface area contributed by atoms with Gasteiger partial charge >= 0.3 is 0 Å². The minimum Gasteiger partial charge on any atom is -0.122 e. The van der Waals surface area contributed by atoms with Crippen molar-refractivity contribution in [1.82, 2.24) is 0 Å². The van der Waals surface area contributed by atoms with Gasteiger partial charge in [0.15, 0.2) is 0 Å². The Kier molecular flexibility index (Phi) is 2.45. The number of hydrogen-bond donors (Lipinski definition) is 0. The molecule has 0 nitrogen and oxygen atoms in total. The van der Waals surface area contributed by atoms with Crippen LogP contribution in [-0.4, -0.2) is 0 Å². The Morgan fingerprint density at radius 1 is 0.812 bits per heavy atom. The molecule has 0 radical (unpaired) electrons. The summed E-state index contributed by atoms with van der Waals surface area (Å²) in [4.78, 5) is 0. The van der Waals surface area contributed by atoms with Crippen molar-refractivity contribution >= 4 is 11.6 Å². The van der Waals surface area contributed by atoms with Gasteiger partial charge in [-0.1, -0.05) is 42.5 Å². The summed E-state index contributed by atoms with van der Waals surface area (Å²) in [6, 6.07) is 15.2. The average Bonchev–Trinajstić information content (AvgIpc) is 2.35. The van der Waals surface area contributed by atoms with E-state index in [4.69, 9.17) is 11.6 Å². The summed E-state index contributed by atoms with van der Waals surface area (Å²) in [5, 5.41) is 0. The molecule has 0 amide bonds. The third kappa shape index (κ3) is 1.54. The molecule has 0 saturated carbocycles. The molecule has 2 aromatic carbocycles. The van der Waals surface area contributed by atoms with Crippen molar-refractivity contribution in [3.05, 3.63) is 70.3 Å². The second kappa shape index (κ2) is 3.95. The quantitative estimate of drug-likeness (QED) is 0.554. The maximum absolute atomic E-state index is 5.99. The van der Waals surface area contributed by atoms with Gasteiger partial charge in [0.05, 0.1) is 0 Å². The van der Waals surface area contributed by atoms with Crippen LogP contribution >= 0.6 is 11.6 Å². The van der Waals surface area contributed by atoms with Gasteiger partial charge in [0.25, 0.3) is 0 Å². The number of rotatable bonds is 1. The molecule has 3 rings (SSSR count). The second-order valence-electron chi connectivity index (χ2n) is 4.31. The fourth-order valence-corrected chi connectivity index (χ4v) is 2.75. The monoisotopic (exact) mass is 228 g/mol. The standard InChI is InChI=1S/C15H13Cl/c16-10-14-7-3-6-13-8-11-4-1-2-5-12(11)9-15(13)14/h1-7H,8-10H2. The van der Waals surface area contributed by atoms with Crippen LogP contribution in [-0.2, 0) is 18.7 Å². The molecule has 80 valence electrons. The van der Waals surface area contributed by atoms with Crippen molar-refractivity contribution in [3.8, 4) is 0 Å². The number of alkyl halides is 1. The fourth-order valence-electron chi connectivity index (χ4n) is 2.50. The van der Waals surface area contributed by atoms with Crippen LogP contribution in [0.3, 0.4) is 0 Å². The summed E-state index contributed by atoms with van der Waals surface area (Å²) in [5.74, 6) is 0.616. The zero-order chi connectivity index (χ0) is 11.0. The van der Waals surface area contributed by atoms with Crippen molar-refractivity contribution in [2.75, 3.05) is 0 Å². The number of hydrogen-bond acceptors (Lipinski definition) is 0. The van der Waals surface area contributed by atoms with Crippen molar-refractivity contribution in [2.24, 2.45) is 0 Å². The maximum Gasteiger partial charge on any atom is 0.0477 e. The topological polar surface area (TPSA) is 0 Å². The molecule has 1 aliphatic carbocycles. The Hall–Kier alpha value is -1.27. The van der Waals surface area contributed by atoms with E-state index in [0.717, 1.165) is 12.8 Å². The molecule has 2 aromatic rings. The van der Waals surface area contributed by atoms with Crippen molar-refractivity contribution in [3.63, 3.8) is 0 Å². The van der Waals surface area contributed by atoms with Gasteiger partial charge in [-0.25, -0.2) is 0 Å². The van der Waals surface area contributed by atoms with E-state index < -0.39 is 0 Å². The summed E-state index contributed by atoms with van der Waals surface area (Å²) in [7, 11) is 0. The first-order valence-electron chi connectivity index (χ1n) is 5.61. The van der Waals surface area contributed by atoms with E-state index in [1.54, 1.807) is 0 Å². The number of fused-ring (bicyclic) bond motifs is 2. The van der Waals surface area contributed by atoms with E-state index in [1.165, 1.54) is 27.8 Å².